The van der Waals surface area contributed by atoms with Crippen molar-refractivity contribution in [1.82, 2.24) is 20.0 Å². The molecule has 1 aromatic heterocycles. The molecule has 1 aliphatic rings. The van der Waals surface area contributed by atoms with Gasteiger partial charge in [-0.05, 0) is 23.6 Å². The molecular formula is C26H34IN5O2. The maximum absolute atomic E-state index is 5.99. The quantitative estimate of drug-likeness (QED) is 0.247. The number of aliphatic imine (C=N–C) groups is 1. The second-order valence-corrected chi connectivity index (χ2v) is 8.22. The van der Waals surface area contributed by atoms with Crippen LogP contribution in [0.3, 0.4) is 0 Å². The summed E-state index contributed by atoms with van der Waals surface area (Å²) < 4.78 is 13.7. The van der Waals surface area contributed by atoms with E-state index in [-0.39, 0.29) is 30.1 Å². The van der Waals surface area contributed by atoms with Crippen molar-refractivity contribution in [1.29, 1.82) is 0 Å². The first-order chi connectivity index (χ1) is 16.2. The summed E-state index contributed by atoms with van der Waals surface area (Å²) in [4.78, 5) is 7.20. The zero-order chi connectivity index (χ0) is 22.9. The molecule has 0 saturated carbocycles. The Morgan fingerprint density at radius 3 is 2.65 bits per heavy atom. The number of hydrogen-bond donors (Lipinski definition) is 1. The largest absolute Gasteiger partial charge is 0.372 e. The highest BCUT2D eigenvalue weighted by molar-refractivity contribution is 14.0. The molecule has 4 rings (SSSR count). The number of aromatic nitrogens is 2. The molecule has 1 atom stereocenters. The normalized spacial score (nSPS) is 16.2. The molecule has 3 aromatic rings. The number of benzene rings is 2. The monoisotopic (exact) mass is 575 g/mol. The van der Waals surface area contributed by atoms with Crippen LogP contribution < -0.4 is 5.32 Å². The molecule has 34 heavy (non-hydrogen) atoms. The van der Waals surface area contributed by atoms with Crippen LogP contribution in [-0.2, 0) is 36.3 Å². The van der Waals surface area contributed by atoms with Crippen LogP contribution in [0.1, 0.15) is 35.3 Å². The van der Waals surface area contributed by atoms with Crippen LogP contribution in [-0.4, -0.2) is 46.9 Å². The first kappa shape index (κ1) is 26.2. The molecule has 7 nitrogen and oxygen atoms in total. The van der Waals surface area contributed by atoms with Gasteiger partial charge in [-0.25, -0.2) is 4.99 Å². The van der Waals surface area contributed by atoms with Crippen molar-refractivity contribution in [3.63, 3.8) is 0 Å². The SMILES string of the molecule is CCNC(=NCc1cccc(COCc2ccccc2)c1)N1CCOC(c2cnn(C)c2)C1.I. The molecule has 182 valence electrons. The highest BCUT2D eigenvalue weighted by Crippen LogP contribution is 2.22. The van der Waals surface area contributed by atoms with Crippen LogP contribution in [0.4, 0.5) is 0 Å². The van der Waals surface area contributed by atoms with E-state index in [1.807, 2.05) is 42.3 Å². The van der Waals surface area contributed by atoms with Crippen molar-refractivity contribution in [2.75, 3.05) is 26.2 Å². The van der Waals surface area contributed by atoms with E-state index in [9.17, 15) is 0 Å². The minimum absolute atomic E-state index is 0. The Bertz CT molecular complexity index is 1040. The van der Waals surface area contributed by atoms with Gasteiger partial charge in [-0.1, -0.05) is 54.6 Å². The molecule has 1 N–H and O–H groups in total. The van der Waals surface area contributed by atoms with Gasteiger partial charge in [0.25, 0.3) is 0 Å². The van der Waals surface area contributed by atoms with Crippen molar-refractivity contribution >= 4 is 29.9 Å². The minimum atomic E-state index is 0. The third-order valence-electron chi connectivity index (χ3n) is 5.58. The van der Waals surface area contributed by atoms with Gasteiger partial charge in [0.1, 0.15) is 6.10 Å². The summed E-state index contributed by atoms with van der Waals surface area (Å²) in [7, 11) is 1.93. The Morgan fingerprint density at radius 1 is 1.12 bits per heavy atom. The lowest BCUT2D eigenvalue weighted by atomic mass is 10.1. The zero-order valence-electron chi connectivity index (χ0n) is 19.9. The van der Waals surface area contributed by atoms with Crippen LogP contribution >= 0.6 is 24.0 Å². The molecule has 2 aromatic carbocycles. The van der Waals surface area contributed by atoms with Crippen LogP contribution in [0.5, 0.6) is 0 Å². The van der Waals surface area contributed by atoms with Gasteiger partial charge in [0.05, 0.1) is 39.1 Å². The number of ether oxygens (including phenoxy) is 2. The number of halogens is 1. The Hall–Kier alpha value is -2.43. The van der Waals surface area contributed by atoms with E-state index in [4.69, 9.17) is 14.5 Å². The Labute approximate surface area is 219 Å². The molecule has 8 heteroatoms. The van der Waals surface area contributed by atoms with Gasteiger partial charge in [0, 0.05) is 31.9 Å². The average Bonchev–Trinajstić information content (AvgIpc) is 3.29. The number of nitrogens with zero attached hydrogens (tertiary/aromatic N) is 4. The van der Waals surface area contributed by atoms with E-state index < -0.39 is 0 Å². The van der Waals surface area contributed by atoms with Gasteiger partial charge in [-0.15, -0.1) is 24.0 Å². The molecule has 0 amide bonds. The lowest BCUT2D eigenvalue weighted by Gasteiger charge is -2.34. The highest BCUT2D eigenvalue weighted by atomic mass is 127. The predicted octanol–water partition coefficient (Wildman–Crippen LogP) is 4.29. The van der Waals surface area contributed by atoms with E-state index in [1.165, 1.54) is 11.1 Å². The lowest BCUT2D eigenvalue weighted by Crippen LogP contribution is -2.48. The lowest BCUT2D eigenvalue weighted by molar-refractivity contribution is -0.00805. The summed E-state index contributed by atoms with van der Waals surface area (Å²) in [5, 5.41) is 7.72. The molecule has 2 heterocycles. The van der Waals surface area contributed by atoms with Crippen molar-refractivity contribution in [2.24, 2.45) is 12.0 Å². The fraction of sp³-hybridized carbons (Fsp3) is 0.385. The van der Waals surface area contributed by atoms with E-state index in [2.05, 4.69) is 58.6 Å². The Kier molecular flexibility index (Phi) is 10.4. The molecular weight excluding hydrogens is 541 g/mol. The van der Waals surface area contributed by atoms with Crippen molar-refractivity contribution < 1.29 is 9.47 Å². The van der Waals surface area contributed by atoms with Crippen molar-refractivity contribution in [2.45, 2.75) is 32.8 Å². The van der Waals surface area contributed by atoms with E-state index in [1.54, 1.807) is 0 Å². The summed E-state index contributed by atoms with van der Waals surface area (Å²) in [5.41, 5.74) is 4.61. The summed E-state index contributed by atoms with van der Waals surface area (Å²) in [6.45, 7) is 6.97. The molecule has 0 radical (unpaired) electrons. The van der Waals surface area contributed by atoms with Gasteiger partial charge < -0.3 is 19.7 Å². The molecule has 1 unspecified atom stereocenters. The fourth-order valence-electron chi connectivity index (χ4n) is 3.92. The number of guanidine groups is 1. The second kappa shape index (κ2) is 13.5. The third kappa shape index (κ3) is 7.54. The van der Waals surface area contributed by atoms with Gasteiger partial charge in [0.15, 0.2) is 5.96 Å². The summed E-state index contributed by atoms with van der Waals surface area (Å²) in [6, 6.07) is 18.7. The van der Waals surface area contributed by atoms with E-state index in [0.717, 1.165) is 36.7 Å². The Morgan fingerprint density at radius 2 is 1.88 bits per heavy atom. The molecule has 0 aliphatic carbocycles. The fourth-order valence-corrected chi connectivity index (χ4v) is 3.92. The van der Waals surface area contributed by atoms with Crippen LogP contribution in [0, 0.1) is 0 Å². The van der Waals surface area contributed by atoms with Gasteiger partial charge in [-0.2, -0.15) is 5.10 Å². The number of hydrogen-bond acceptors (Lipinski definition) is 4. The topological polar surface area (TPSA) is 63.9 Å². The van der Waals surface area contributed by atoms with Gasteiger partial charge >= 0.3 is 0 Å². The second-order valence-electron chi connectivity index (χ2n) is 8.22. The van der Waals surface area contributed by atoms with Crippen LogP contribution in [0.25, 0.3) is 0 Å². The minimum Gasteiger partial charge on any atom is -0.372 e. The Balaban J connectivity index is 0.00000324. The standard InChI is InChI=1S/C26H33N5O2.HI/c1-3-27-26(31-12-13-33-25(18-31)24-16-29-30(2)17-24)28-15-22-10-7-11-23(14-22)20-32-19-21-8-5-4-6-9-21;/h4-11,14,16-17,25H,3,12-13,15,18-20H2,1-2H3,(H,27,28);1H. The van der Waals surface area contributed by atoms with E-state index in [0.29, 0.717) is 26.4 Å². The van der Waals surface area contributed by atoms with Crippen LogP contribution in [0.15, 0.2) is 72.0 Å². The number of nitrogens with one attached hydrogen (secondary N) is 1. The number of aryl methyl sites for hydroxylation is 1. The van der Waals surface area contributed by atoms with Crippen molar-refractivity contribution in [3.05, 3.63) is 89.2 Å². The number of rotatable bonds is 8. The molecule has 1 fully saturated rings. The summed E-state index contributed by atoms with van der Waals surface area (Å²) in [6.07, 6.45) is 3.90. The number of morpholine rings is 1. The summed E-state index contributed by atoms with van der Waals surface area (Å²) in [5.74, 6) is 0.917. The third-order valence-corrected chi connectivity index (χ3v) is 5.58. The van der Waals surface area contributed by atoms with Gasteiger partial charge in [0.2, 0.25) is 0 Å². The maximum Gasteiger partial charge on any atom is 0.194 e. The smallest absolute Gasteiger partial charge is 0.194 e. The average molecular weight is 575 g/mol. The molecule has 0 bridgehead atoms. The molecule has 1 aliphatic heterocycles. The molecule has 0 spiro atoms. The van der Waals surface area contributed by atoms with Crippen molar-refractivity contribution in [3.8, 4) is 0 Å². The maximum atomic E-state index is 5.99. The molecule has 1 saturated heterocycles. The first-order valence-electron chi connectivity index (χ1n) is 11.5. The van der Waals surface area contributed by atoms with Gasteiger partial charge in [-0.3, -0.25) is 4.68 Å². The predicted molar refractivity (Wildman–Crippen MR) is 145 cm³/mol. The first-order valence-corrected chi connectivity index (χ1v) is 11.5. The highest BCUT2D eigenvalue weighted by Gasteiger charge is 2.25. The van der Waals surface area contributed by atoms with Crippen LogP contribution in [0.2, 0.25) is 0 Å². The zero-order valence-corrected chi connectivity index (χ0v) is 22.2. The summed E-state index contributed by atoms with van der Waals surface area (Å²) >= 11 is 0. The van der Waals surface area contributed by atoms with E-state index >= 15 is 0 Å².